The molecule has 1 aromatic heterocycles. The topological polar surface area (TPSA) is 80.4 Å². The van der Waals surface area contributed by atoms with Crippen LogP contribution in [0.3, 0.4) is 0 Å². The molecule has 1 aromatic carbocycles. The Morgan fingerprint density at radius 2 is 2.21 bits per heavy atom. The average Bonchev–Trinajstić information content (AvgIpc) is 2.41. The summed E-state index contributed by atoms with van der Waals surface area (Å²) in [5.74, 6) is 0. The van der Waals surface area contributed by atoms with Crippen LogP contribution in [0.4, 0.5) is 11.4 Å². The molecule has 1 heterocycles. The molecule has 1 atom stereocenters. The van der Waals surface area contributed by atoms with Gasteiger partial charge in [-0.05, 0) is 12.5 Å². The molecular formula is C14H19N3O2. The number of para-hydroxylation sites is 1. The number of rotatable bonds is 6. The first-order chi connectivity index (χ1) is 9.22. The SMILES string of the molecule is COCC(O)CCNc1c(N)cnc2ccccc12. The number of ether oxygens (including phenoxy) is 1. The minimum absolute atomic E-state index is 0.342. The quantitative estimate of drug-likeness (QED) is 0.736. The van der Waals surface area contributed by atoms with Crippen LogP contribution in [0.5, 0.6) is 0 Å². The van der Waals surface area contributed by atoms with Crippen molar-refractivity contribution >= 4 is 22.3 Å². The van der Waals surface area contributed by atoms with E-state index in [1.807, 2.05) is 24.3 Å². The number of benzene rings is 1. The molecule has 0 bridgehead atoms. The summed E-state index contributed by atoms with van der Waals surface area (Å²) in [5, 5.41) is 13.9. The first-order valence-electron chi connectivity index (χ1n) is 6.26. The lowest BCUT2D eigenvalue weighted by atomic mass is 10.1. The van der Waals surface area contributed by atoms with Crippen molar-refractivity contribution in [3.05, 3.63) is 30.5 Å². The normalized spacial score (nSPS) is 12.5. The first kappa shape index (κ1) is 13.6. The Morgan fingerprint density at radius 1 is 1.42 bits per heavy atom. The number of aliphatic hydroxyl groups is 1. The summed E-state index contributed by atoms with van der Waals surface area (Å²) in [6.45, 7) is 0.969. The third-order valence-electron chi connectivity index (χ3n) is 2.94. The molecule has 19 heavy (non-hydrogen) atoms. The number of hydrogen-bond donors (Lipinski definition) is 3. The van der Waals surface area contributed by atoms with Crippen molar-refractivity contribution in [1.29, 1.82) is 0 Å². The second-order valence-electron chi connectivity index (χ2n) is 4.43. The number of pyridine rings is 1. The molecule has 0 saturated heterocycles. The number of nitrogens with zero attached hydrogens (tertiary/aromatic N) is 1. The molecule has 0 spiro atoms. The van der Waals surface area contributed by atoms with Crippen molar-refractivity contribution in [3.8, 4) is 0 Å². The van der Waals surface area contributed by atoms with Crippen LogP contribution >= 0.6 is 0 Å². The largest absolute Gasteiger partial charge is 0.396 e. The van der Waals surface area contributed by atoms with Crippen LogP contribution in [0.1, 0.15) is 6.42 Å². The van der Waals surface area contributed by atoms with Gasteiger partial charge in [-0.1, -0.05) is 18.2 Å². The number of aliphatic hydroxyl groups excluding tert-OH is 1. The molecule has 102 valence electrons. The van der Waals surface area contributed by atoms with Crippen molar-refractivity contribution in [2.75, 3.05) is 31.3 Å². The highest BCUT2D eigenvalue weighted by Crippen LogP contribution is 2.27. The Morgan fingerprint density at radius 3 is 3.00 bits per heavy atom. The number of nitrogens with one attached hydrogen (secondary N) is 1. The van der Waals surface area contributed by atoms with Crippen molar-refractivity contribution in [2.45, 2.75) is 12.5 Å². The van der Waals surface area contributed by atoms with Gasteiger partial charge in [0.15, 0.2) is 0 Å². The van der Waals surface area contributed by atoms with E-state index in [1.54, 1.807) is 13.3 Å². The summed E-state index contributed by atoms with van der Waals surface area (Å²) in [4.78, 5) is 4.28. The van der Waals surface area contributed by atoms with Crippen LogP contribution in [0, 0.1) is 0 Å². The standard InChI is InChI=1S/C14H19N3O2/c1-19-9-10(18)6-7-16-14-11-4-2-3-5-13(11)17-8-12(14)15/h2-5,8,10,18H,6-7,9,15H2,1H3,(H,16,17). The molecule has 5 heteroatoms. The van der Waals surface area contributed by atoms with Crippen LogP contribution < -0.4 is 11.1 Å². The third-order valence-corrected chi connectivity index (χ3v) is 2.94. The fourth-order valence-electron chi connectivity index (χ4n) is 1.99. The van der Waals surface area contributed by atoms with Crippen LogP contribution in [0.15, 0.2) is 30.5 Å². The molecule has 2 rings (SSSR count). The highest BCUT2D eigenvalue weighted by Gasteiger charge is 2.07. The molecule has 0 aliphatic heterocycles. The zero-order valence-corrected chi connectivity index (χ0v) is 11.0. The zero-order chi connectivity index (χ0) is 13.7. The number of nitrogen functional groups attached to an aromatic ring is 1. The second-order valence-corrected chi connectivity index (χ2v) is 4.43. The van der Waals surface area contributed by atoms with Gasteiger partial charge >= 0.3 is 0 Å². The predicted molar refractivity (Wildman–Crippen MR) is 77.1 cm³/mol. The van der Waals surface area contributed by atoms with E-state index in [-0.39, 0.29) is 0 Å². The molecule has 4 N–H and O–H groups in total. The number of nitrogens with two attached hydrogens (primary N) is 1. The molecule has 1 unspecified atom stereocenters. The van der Waals surface area contributed by atoms with Gasteiger partial charge in [0.05, 0.1) is 35.8 Å². The van der Waals surface area contributed by atoms with Crippen molar-refractivity contribution < 1.29 is 9.84 Å². The van der Waals surface area contributed by atoms with Crippen molar-refractivity contribution in [3.63, 3.8) is 0 Å². The van der Waals surface area contributed by atoms with Gasteiger partial charge in [0.25, 0.3) is 0 Å². The van der Waals surface area contributed by atoms with Crippen molar-refractivity contribution in [1.82, 2.24) is 4.98 Å². The fourth-order valence-corrected chi connectivity index (χ4v) is 1.99. The zero-order valence-electron chi connectivity index (χ0n) is 11.0. The Labute approximate surface area is 112 Å². The van der Waals surface area contributed by atoms with Gasteiger partial charge < -0.3 is 20.9 Å². The molecule has 0 aliphatic carbocycles. The molecule has 5 nitrogen and oxygen atoms in total. The maximum absolute atomic E-state index is 9.60. The number of hydrogen-bond acceptors (Lipinski definition) is 5. The lowest BCUT2D eigenvalue weighted by Crippen LogP contribution is -2.18. The van der Waals surface area contributed by atoms with Crippen LogP contribution in [0.2, 0.25) is 0 Å². The van der Waals surface area contributed by atoms with Gasteiger partial charge in [-0.25, -0.2) is 0 Å². The summed E-state index contributed by atoms with van der Waals surface area (Å²) in [6.07, 6.45) is 1.78. The van der Waals surface area contributed by atoms with E-state index >= 15 is 0 Å². The van der Waals surface area contributed by atoms with E-state index in [9.17, 15) is 5.11 Å². The van der Waals surface area contributed by atoms with Gasteiger partial charge in [0.2, 0.25) is 0 Å². The van der Waals surface area contributed by atoms with E-state index in [0.717, 1.165) is 16.6 Å². The summed E-state index contributed by atoms with van der Waals surface area (Å²) in [6, 6.07) is 7.82. The molecule has 0 saturated carbocycles. The first-order valence-corrected chi connectivity index (χ1v) is 6.26. The Hall–Kier alpha value is -1.85. The van der Waals surface area contributed by atoms with E-state index in [1.165, 1.54) is 0 Å². The lowest BCUT2D eigenvalue weighted by molar-refractivity contribution is 0.0615. The van der Waals surface area contributed by atoms with Gasteiger partial charge in [-0.15, -0.1) is 0 Å². The minimum atomic E-state index is -0.466. The van der Waals surface area contributed by atoms with E-state index in [2.05, 4.69) is 10.3 Å². The number of fused-ring (bicyclic) bond motifs is 1. The Kier molecular flexibility index (Phi) is 4.54. The van der Waals surface area contributed by atoms with Crippen molar-refractivity contribution in [2.24, 2.45) is 0 Å². The molecule has 0 aliphatic rings. The van der Waals surface area contributed by atoms with Gasteiger partial charge in [-0.2, -0.15) is 0 Å². The van der Waals surface area contributed by atoms with Gasteiger partial charge in [-0.3, -0.25) is 4.98 Å². The van der Waals surface area contributed by atoms with Gasteiger partial charge in [0, 0.05) is 19.0 Å². The van der Waals surface area contributed by atoms with Gasteiger partial charge in [0.1, 0.15) is 0 Å². The fraction of sp³-hybridized carbons (Fsp3) is 0.357. The molecular weight excluding hydrogens is 242 g/mol. The van der Waals surface area contributed by atoms with E-state index < -0.39 is 6.10 Å². The Balaban J connectivity index is 2.09. The van der Waals surface area contributed by atoms with Crippen LogP contribution in [-0.4, -0.2) is 36.5 Å². The molecule has 0 radical (unpaired) electrons. The second kappa shape index (κ2) is 6.36. The summed E-state index contributed by atoms with van der Waals surface area (Å²) in [5.41, 5.74) is 8.33. The van der Waals surface area contributed by atoms with Crippen LogP contribution in [0.25, 0.3) is 10.9 Å². The monoisotopic (exact) mass is 261 g/mol. The molecule has 2 aromatic rings. The summed E-state index contributed by atoms with van der Waals surface area (Å²) in [7, 11) is 1.57. The predicted octanol–water partition coefficient (Wildman–Crippen LogP) is 1.63. The maximum Gasteiger partial charge on any atom is 0.0790 e. The molecule has 0 fully saturated rings. The molecule has 0 amide bonds. The number of aromatic nitrogens is 1. The maximum atomic E-state index is 9.60. The number of anilines is 2. The number of methoxy groups -OCH3 is 1. The smallest absolute Gasteiger partial charge is 0.0790 e. The third kappa shape index (κ3) is 3.33. The van der Waals surface area contributed by atoms with Crippen LogP contribution in [-0.2, 0) is 4.74 Å². The highest BCUT2D eigenvalue weighted by atomic mass is 16.5. The Bertz CT molecular complexity index is 545. The minimum Gasteiger partial charge on any atom is -0.396 e. The lowest BCUT2D eigenvalue weighted by Gasteiger charge is -2.14. The summed E-state index contributed by atoms with van der Waals surface area (Å²) >= 11 is 0. The summed E-state index contributed by atoms with van der Waals surface area (Å²) < 4.78 is 4.89. The van der Waals surface area contributed by atoms with E-state index in [4.69, 9.17) is 10.5 Å². The van der Waals surface area contributed by atoms with E-state index in [0.29, 0.717) is 25.3 Å². The highest BCUT2D eigenvalue weighted by molar-refractivity contribution is 5.96. The average molecular weight is 261 g/mol.